The molecule has 1 amide bonds. The Bertz CT molecular complexity index is 653. The van der Waals surface area contributed by atoms with Crippen LogP contribution in [0, 0.1) is 17.7 Å². The molecule has 0 atom stereocenters. The zero-order chi connectivity index (χ0) is 14.4. The van der Waals surface area contributed by atoms with Crippen LogP contribution in [0.15, 0.2) is 35.7 Å². The molecule has 3 nitrogen and oxygen atoms in total. The van der Waals surface area contributed by atoms with Crippen LogP contribution < -0.4 is 11.1 Å². The standard InChI is InChI=1S/C15H13FN2OS/c16-13-5-3-11(4-6-13)9-18-15(19)12-8-14(20-10-12)2-1-7-17/h3-6,8,10H,7,9,17H2,(H,18,19). The molecule has 2 rings (SSSR count). The summed E-state index contributed by atoms with van der Waals surface area (Å²) in [5, 5.41) is 4.53. The molecule has 0 saturated heterocycles. The van der Waals surface area contributed by atoms with Crippen molar-refractivity contribution in [2.24, 2.45) is 5.73 Å². The van der Waals surface area contributed by atoms with E-state index in [4.69, 9.17) is 5.73 Å². The van der Waals surface area contributed by atoms with Crippen molar-refractivity contribution in [3.05, 3.63) is 57.5 Å². The number of rotatable bonds is 3. The Kier molecular flexibility index (Phi) is 4.88. The fourth-order valence-electron chi connectivity index (χ4n) is 1.55. The molecule has 0 bridgehead atoms. The van der Waals surface area contributed by atoms with Gasteiger partial charge >= 0.3 is 0 Å². The Hall–Kier alpha value is -2.16. The molecule has 3 N–H and O–H groups in total. The van der Waals surface area contributed by atoms with Crippen molar-refractivity contribution in [1.29, 1.82) is 0 Å². The summed E-state index contributed by atoms with van der Waals surface area (Å²) in [6.45, 7) is 0.656. The van der Waals surface area contributed by atoms with Crippen LogP contribution in [0.1, 0.15) is 20.8 Å². The molecule has 0 saturated carbocycles. The third-order valence-corrected chi connectivity index (χ3v) is 3.39. The third kappa shape index (κ3) is 3.92. The lowest BCUT2D eigenvalue weighted by atomic mass is 10.2. The normalized spacial score (nSPS) is 9.70. The molecule has 0 aliphatic carbocycles. The van der Waals surface area contributed by atoms with E-state index in [2.05, 4.69) is 17.2 Å². The Morgan fingerprint density at radius 3 is 2.80 bits per heavy atom. The van der Waals surface area contributed by atoms with Gasteiger partial charge in [-0.1, -0.05) is 24.0 Å². The van der Waals surface area contributed by atoms with E-state index in [1.807, 2.05) is 0 Å². The molecule has 0 aliphatic rings. The van der Waals surface area contributed by atoms with Crippen LogP contribution in [0.3, 0.4) is 0 Å². The first kappa shape index (κ1) is 14.3. The molecule has 1 aromatic heterocycles. The highest BCUT2D eigenvalue weighted by Crippen LogP contribution is 2.13. The molecule has 0 aliphatic heterocycles. The Morgan fingerprint density at radius 1 is 1.35 bits per heavy atom. The molecule has 0 unspecified atom stereocenters. The first-order valence-electron chi connectivity index (χ1n) is 5.99. The highest BCUT2D eigenvalue weighted by Gasteiger charge is 2.07. The van der Waals surface area contributed by atoms with Crippen molar-refractivity contribution < 1.29 is 9.18 Å². The van der Waals surface area contributed by atoms with Gasteiger partial charge in [-0.05, 0) is 23.8 Å². The summed E-state index contributed by atoms with van der Waals surface area (Å²) >= 11 is 1.40. The summed E-state index contributed by atoms with van der Waals surface area (Å²) in [6, 6.07) is 7.75. The van der Waals surface area contributed by atoms with E-state index in [1.165, 1.54) is 23.5 Å². The average Bonchev–Trinajstić information content (AvgIpc) is 2.93. The number of thiophene rings is 1. The Labute approximate surface area is 120 Å². The number of hydrogen-bond donors (Lipinski definition) is 2. The van der Waals surface area contributed by atoms with Crippen molar-refractivity contribution >= 4 is 17.2 Å². The van der Waals surface area contributed by atoms with E-state index < -0.39 is 0 Å². The summed E-state index contributed by atoms with van der Waals surface area (Å²) < 4.78 is 12.7. The zero-order valence-electron chi connectivity index (χ0n) is 10.7. The minimum absolute atomic E-state index is 0.175. The lowest BCUT2D eigenvalue weighted by molar-refractivity contribution is 0.0951. The maximum Gasteiger partial charge on any atom is 0.252 e. The number of carbonyl (C=O) groups is 1. The van der Waals surface area contributed by atoms with E-state index in [0.717, 1.165) is 10.4 Å². The second-order valence-corrected chi connectivity index (χ2v) is 4.93. The number of hydrogen-bond acceptors (Lipinski definition) is 3. The number of halogens is 1. The molecule has 0 spiro atoms. The van der Waals surface area contributed by atoms with Crippen LogP contribution >= 0.6 is 11.3 Å². The van der Waals surface area contributed by atoms with Crippen LogP contribution in [-0.2, 0) is 6.54 Å². The molecule has 0 fully saturated rings. The summed E-state index contributed by atoms with van der Waals surface area (Å²) in [5.41, 5.74) is 6.70. The number of benzene rings is 1. The van der Waals surface area contributed by atoms with Gasteiger partial charge in [-0.15, -0.1) is 11.3 Å². The van der Waals surface area contributed by atoms with E-state index in [1.54, 1.807) is 23.6 Å². The zero-order valence-corrected chi connectivity index (χ0v) is 11.5. The first-order valence-corrected chi connectivity index (χ1v) is 6.87. The average molecular weight is 288 g/mol. The minimum atomic E-state index is -0.291. The number of carbonyl (C=O) groups excluding carboxylic acids is 1. The summed E-state index contributed by atoms with van der Waals surface area (Å²) in [7, 11) is 0. The van der Waals surface area contributed by atoms with Crippen LogP contribution in [0.4, 0.5) is 4.39 Å². The van der Waals surface area contributed by atoms with Crippen LogP contribution in [0.5, 0.6) is 0 Å². The van der Waals surface area contributed by atoms with E-state index >= 15 is 0 Å². The monoisotopic (exact) mass is 288 g/mol. The van der Waals surface area contributed by atoms with E-state index in [0.29, 0.717) is 18.7 Å². The third-order valence-electron chi connectivity index (χ3n) is 2.54. The van der Waals surface area contributed by atoms with Gasteiger partial charge in [0.1, 0.15) is 5.82 Å². The number of nitrogens with two attached hydrogens (primary N) is 1. The van der Waals surface area contributed by atoms with Gasteiger partial charge in [-0.2, -0.15) is 0 Å². The molecule has 5 heteroatoms. The van der Waals surface area contributed by atoms with Gasteiger partial charge < -0.3 is 11.1 Å². The van der Waals surface area contributed by atoms with Gasteiger partial charge in [0.05, 0.1) is 17.0 Å². The quantitative estimate of drug-likeness (QED) is 0.850. The fraction of sp³-hybridized carbons (Fsp3) is 0.133. The fourth-order valence-corrected chi connectivity index (χ4v) is 2.30. The van der Waals surface area contributed by atoms with Crippen molar-refractivity contribution in [3.8, 4) is 11.8 Å². The molecule has 20 heavy (non-hydrogen) atoms. The molecule has 2 aromatic rings. The van der Waals surface area contributed by atoms with Crippen molar-refractivity contribution in [1.82, 2.24) is 5.32 Å². The van der Waals surface area contributed by atoms with Gasteiger partial charge in [0, 0.05) is 11.9 Å². The Balaban J connectivity index is 1.94. The SMILES string of the molecule is NCC#Cc1cc(C(=O)NCc2ccc(F)cc2)cs1. The predicted molar refractivity (Wildman–Crippen MR) is 77.8 cm³/mol. The van der Waals surface area contributed by atoms with Crippen LogP contribution in [0.25, 0.3) is 0 Å². The van der Waals surface area contributed by atoms with E-state index in [-0.39, 0.29) is 11.7 Å². The largest absolute Gasteiger partial charge is 0.348 e. The minimum Gasteiger partial charge on any atom is -0.348 e. The molecule has 102 valence electrons. The van der Waals surface area contributed by atoms with Crippen molar-refractivity contribution in [2.45, 2.75) is 6.54 Å². The predicted octanol–water partition coefficient (Wildman–Crippen LogP) is 2.13. The van der Waals surface area contributed by atoms with Crippen molar-refractivity contribution in [3.63, 3.8) is 0 Å². The van der Waals surface area contributed by atoms with Gasteiger partial charge in [0.15, 0.2) is 0 Å². The Morgan fingerprint density at radius 2 is 2.10 bits per heavy atom. The van der Waals surface area contributed by atoms with Gasteiger partial charge in [0.25, 0.3) is 5.91 Å². The highest BCUT2D eigenvalue weighted by molar-refractivity contribution is 7.10. The lowest BCUT2D eigenvalue weighted by Crippen LogP contribution is -2.22. The summed E-state index contributed by atoms with van der Waals surface area (Å²) in [6.07, 6.45) is 0. The maximum atomic E-state index is 12.7. The summed E-state index contributed by atoms with van der Waals surface area (Å²) in [4.78, 5) is 12.7. The molecular weight excluding hydrogens is 275 g/mol. The van der Waals surface area contributed by atoms with Crippen molar-refractivity contribution in [2.75, 3.05) is 6.54 Å². The summed E-state index contributed by atoms with van der Waals surface area (Å²) in [5.74, 6) is 5.16. The molecular formula is C15H13FN2OS. The number of amides is 1. The second kappa shape index (κ2) is 6.85. The molecule has 1 heterocycles. The maximum absolute atomic E-state index is 12.7. The van der Waals surface area contributed by atoms with Gasteiger partial charge in [-0.25, -0.2) is 4.39 Å². The van der Waals surface area contributed by atoms with Gasteiger partial charge in [-0.3, -0.25) is 4.79 Å². The van der Waals surface area contributed by atoms with Crippen LogP contribution in [-0.4, -0.2) is 12.5 Å². The highest BCUT2D eigenvalue weighted by atomic mass is 32.1. The smallest absolute Gasteiger partial charge is 0.252 e. The lowest BCUT2D eigenvalue weighted by Gasteiger charge is -2.03. The topological polar surface area (TPSA) is 55.1 Å². The van der Waals surface area contributed by atoms with Crippen LogP contribution in [0.2, 0.25) is 0 Å². The second-order valence-electron chi connectivity index (χ2n) is 4.01. The first-order chi connectivity index (χ1) is 9.69. The molecule has 0 radical (unpaired) electrons. The molecule has 1 aromatic carbocycles. The number of nitrogens with one attached hydrogen (secondary N) is 1. The van der Waals surface area contributed by atoms with E-state index in [9.17, 15) is 9.18 Å². The van der Waals surface area contributed by atoms with Gasteiger partial charge in [0.2, 0.25) is 0 Å².